The molecule has 0 bridgehead atoms. The largest absolute Gasteiger partial charge is 0.331 e. The highest BCUT2D eigenvalue weighted by Crippen LogP contribution is 2.22. The van der Waals surface area contributed by atoms with E-state index in [0.717, 1.165) is 22.9 Å². The van der Waals surface area contributed by atoms with Crippen LogP contribution in [0, 0.1) is 13.8 Å². The quantitative estimate of drug-likeness (QED) is 0.603. The Hall–Kier alpha value is -2.07. The molecule has 0 spiro atoms. The van der Waals surface area contributed by atoms with Gasteiger partial charge >= 0.3 is 0 Å². The molecule has 0 radical (unpaired) electrons. The summed E-state index contributed by atoms with van der Waals surface area (Å²) >= 11 is 7.05. The van der Waals surface area contributed by atoms with Crippen molar-refractivity contribution in [1.82, 2.24) is 10.6 Å². The molecule has 2 aromatic carbocycles. The highest BCUT2D eigenvalue weighted by molar-refractivity contribution is 8.00. The molecule has 10 heteroatoms. The Labute approximate surface area is 184 Å². The fourth-order valence-corrected chi connectivity index (χ4v) is 5.50. The van der Waals surface area contributed by atoms with Gasteiger partial charge in [-0.05, 0) is 55.3 Å². The first-order valence-electron chi connectivity index (χ1n) is 9.19. The van der Waals surface area contributed by atoms with Gasteiger partial charge in [0.1, 0.15) is 5.50 Å². The summed E-state index contributed by atoms with van der Waals surface area (Å²) in [7, 11) is -3.83. The van der Waals surface area contributed by atoms with Crippen molar-refractivity contribution in [1.29, 1.82) is 0 Å². The third-order valence-electron chi connectivity index (χ3n) is 4.73. The number of anilines is 1. The lowest BCUT2D eigenvalue weighted by Gasteiger charge is -2.29. The zero-order chi connectivity index (χ0) is 21.9. The van der Waals surface area contributed by atoms with Gasteiger partial charge in [0.25, 0.3) is 0 Å². The molecule has 2 atom stereocenters. The van der Waals surface area contributed by atoms with E-state index in [9.17, 15) is 18.0 Å². The Morgan fingerprint density at radius 1 is 1.20 bits per heavy atom. The molecule has 3 N–H and O–H groups in total. The highest BCUT2D eigenvalue weighted by Gasteiger charge is 2.38. The van der Waals surface area contributed by atoms with E-state index in [1.165, 1.54) is 6.07 Å². The van der Waals surface area contributed by atoms with Gasteiger partial charge in [-0.3, -0.25) is 14.9 Å². The van der Waals surface area contributed by atoms with E-state index in [4.69, 9.17) is 11.6 Å². The highest BCUT2D eigenvalue weighted by atomic mass is 35.5. The molecule has 2 unspecified atom stereocenters. The first-order valence-corrected chi connectivity index (χ1v) is 12.2. The van der Waals surface area contributed by atoms with Gasteiger partial charge in [-0.15, -0.1) is 11.8 Å². The van der Waals surface area contributed by atoms with E-state index < -0.39 is 26.5 Å². The normalized spacial score (nSPS) is 19.2. The summed E-state index contributed by atoms with van der Waals surface area (Å²) in [5, 5.41) is 7.61. The fourth-order valence-electron chi connectivity index (χ4n) is 2.91. The van der Waals surface area contributed by atoms with Crippen LogP contribution < -0.4 is 16.0 Å². The Bertz CT molecular complexity index is 1080. The number of hydrogen-bond acceptors (Lipinski definition) is 6. The van der Waals surface area contributed by atoms with E-state index in [0.29, 0.717) is 10.7 Å². The molecule has 3 rings (SSSR count). The van der Waals surface area contributed by atoms with Gasteiger partial charge in [-0.1, -0.05) is 23.7 Å². The lowest BCUT2D eigenvalue weighted by Crippen LogP contribution is -2.59. The Morgan fingerprint density at radius 3 is 2.63 bits per heavy atom. The molecule has 1 aliphatic rings. The zero-order valence-electron chi connectivity index (χ0n) is 16.4. The van der Waals surface area contributed by atoms with E-state index in [1.807, 2.05) is 13.8 Å². The van der Waals surface area contributed by atoms with Gasteiger partial charge in [0.05, 0.1) is 10.6 Å². The summed E-state index contributed by atoms with van der Waals surface area (Å²) in [6.45, 7) is 3.69. The number of nitrogens with one attached hydrogen (secondary N) is 3. The number of carbonyl (C=O) groups excluding carboxylic acids is 2. The summed E-state index contributed by atoms with van der Waals surface area (Å²) in [6.07, 6.45) is 0. The molecule has 1 fully saturated rings. The van der Waals surface area contributed by atoms with Crippen LogP contribution >= 0.6 is 23.4 Å². The fraction of sp³-hybridized carbons (Fsp3) is 0.300. The number of hydrogen-bond donors (Lipinski definition) is 3. The van der Waals surface area contributed by atoms with Crippen molar-refractivity contribution < 1.29 is 18.0 Å². The van der Waals surface area contributed by atoms with Crippen LogP contribution in [0.4, 0.5) is 5.69 Å². The van der Waals surface area contributed by atoms with Crippen molar-refractivity contribution in [3.05, 3.63) is 58.6 Å². The molecular weight excluding hydrogens is 446 g/mol. The molecule has 7 nitrogen and oxygen atoms in total. The third-order valence-corrected chi connectivity index (χ3v) is 8.05. The molecular formula is C20H22ClN3O4S2. The van der Waals surface area contributed by atoms with Crippen LogP contribution in [0.2, 0.25) is 5.02 Å². The average Bonchev–Trinajstić information content (AvgIpc) is 2.68. The standard InChI is InChI=1S/C20H22ClN3O4S2/c1-12-6-7-16(8-13(12)2)30(27,28)17-10-22-20(24-19(17)26)29-11-18(25)23-15-5-3-4-14(21)9-15/h3-9,17,20,22H,10-11H2,1-2H3,(H,23,25)(H,24,26). The SMILES string of the molecule is Cc1ccc(S(=O)(=O)C2CNC(SCC(=O)Nc3cccc(Cl)c3)NC2=O)cc1C. The van der Waals surface area contributed by atoms with E-state index in [1.54, 1.807) is 36.4 Å². The molecule has 0 saturated carbocycles. The first-order chi connectivity index (χ1) is 14.2. The van der Waals surface area contributed by atoms with E-state index in [-0.39, 0.29) is 23.1 Å². The summed E-state index contributed by atoms with van der Waals surface area (Å²) in [6, 6.07) is 11.6. The Balaban J connectivity index is 1.56. The minimum absolute atomic E-state index is 0.0331. The predicted octanol–water partition coefficient (Wildman–Crippen LogP) is 2.47. The number of aryl methyl sites for hydroxylation is 2. The Kier molecular flexibility index (Phi) is 7.07. The predicted molar refractivity (Wildman–Crippen MR) is 119 cm³/mol. The molecule has 1 heterocycles. The van der Waals surface area contributed by atoms with Crippen LogP contribution in [0.25, 0.3) is 0 Å². The lowest BCUT2D eigenvalue weighted by molar-refractivity contribution is -0.122. The topological polar surface area (TPSA) is 104 Å². The number of benzene rings is 2. The average molecular weight is 468 g/mol. The second-order valence-corrected chi connectivity index (χ2v) is 10.6. The van der Waals surface area contributed by atoms with E-state index >= 15 is 0 Å². The third kappa shape index (κ3) is 5.34. The molecule has 0 aliphatic carbocycles. The molecule has 2 amide bonds. The summed E-state index contributed by atoms with van der Waals surface area (Å²) in [5.74, 6) is -0.776. The van der Waals surface area contributed by atoms with Crippen molar-refractivity contribution in [2.45, 2.75) is 29.5 Å². The monoisotopic (exact) mass is 467 g/mol. The van der Waals surface area contributed by atoms with Crippen molar-refractivity contribution in [3.8, 4) is 0 Å². The number of carbonyl (C=O) groups is 2. The van der Waals surface area contributed by atoms with Crippen LogP contribution in [0.3, 0.4) is 0 Å². The Morgan fingerprint density at radius 2 is 1.97 bits per heavy atom. The molecule has 2 aromatic rings. The number of rotatable bonds is 6. The smallest absolute Gasteiger partial charge is 0.241 e. The van der Waals surface area contributed by atoms with Crippen molar-refractivity contribution in [2.24, 2.45) is 0 Å². The van der Waals surface area contributed by atoms with Gasteiger partial charge < -0.3 is 10.6 Å². The lowest BCUT2D eigenvalue weighted by atomic mass is 10.1. The molecule has 160 valence electrons. The molecule has 30 heavy (non-hydrogen) atoms. The van der Waals surface area contributed by atoms with E-state index in [2.05, 4.69) is 16.0 Å². The van der Waals surface area contributed by atoms with Gasteiger partial charge in [-0.2, -0.15) is 0 Å². The van der Waals surface area contributed by atoms with Crippen LogP contribution in [0.5, 0.6) is 0 Å². The second-order valence-electron chi connectivity index (χ2n) is 6.95. The van der Waals surface area contributed by atoms with Crippen LogP contribution in [0.15, 0.2) is 47.4 Å². The van der Waals surface area contributed by atoms with Gasteiger partial charge in [0.15, 0.2) is 15.1 Å². The van der Waals surface area contributed by atoms with Crippen molar-refractivity contribution >= 4 is 50.7 Å². The summed E-state index contributed by atoms with van der Waals surface area (Å²) < 4.78 is 25.8. The number of sulfone groups is 1. The summed E-state index contributed by atoms with van der Waals surface area (Å²) in [4.78, 5) is 24.7. The number of halogens is 1. The second kappa shape index (κ2) is 9.38. The number of thioether (sulfide) groups is 1. The van der Waals surface area contributed by atoms with Crippen molar-refractivity contribution in [2.75, 3.05) is 17.6 Å². The van der Waals surface area contributed by atoms with Crippen LogP contribution in [-0.2, 0) is 19.4 Å². The van der Waals surface area contributed by atoms with Crippen molar-refractivity contribution in [3.63, 3.8) is 0 Å². The zero-order valence-corrected chi connectivity index (χ0v) is 18.8. The van der Waals surface area contributed by atoms with Gasteiger partial charge in [-0.25, -0.2) is 8.42 Å². The minimum Gasteiger partial charge on any atom is -0.331 e. The maximum atomic E-state index is 12.9. The maximum Gasteiger partial charge on any atom is 0.241 e. The molecule has 0 aromatic heterocycles. The van der Waals surface area contributed by atoms with Gasteiger partial charge in [0, 0.05) is 17.3 Å². The minimum atomic E-state index is -3.83. The maximum absolute atomic E-state index is 12.9. The first kappa shape index (κ1) is 22.6. The molecule has 1 aliphatic heterocycles. The van der Waals surface area contributed by atoms with Crippen LogP contribution in [-0.4, -0.2) is 43.3 Å². The van der Waals surface area contributed by atoms with Gasteiger partial charge in [0.2, 0.25) is 11.8 Å². The summed E-state index contributed by atoms with van der Waals surface area (Å²) in [5.41, 5.74) is 1.84. The molecule has 1 saturated heterocycles. The number of amides is 2. The van der Waals surface area contributed by atoms with Crippen LogP contribution in [0.1, 0.15) is 11.1 Å².